The van der Waals surface area contributed by atoms with Gasteiger partial charge in [-0.1, -0.05) is 0 Å². The number of carbonyl (C=O) groups is 1. The second kappa shape index (κ2) is 4.36. The van der Waals surface area contributed by atoms with Crippen molar-refractivity contribution in [2.75, 3.05) is 6.67 Å². The fourth-order valence-corrected chi connectivity index (χ4v) is 2.07. The maximum atomic E-state index is 12.8. The third kappa shape index (κ3) is 2.12. The molecule has 0 aliphatic heterocycles. The van der Waals surface area contributed by atoms with Crippen molar-refractivity contribution in [2.24, 2.45) is 11.3 Å². The van der Waals surface area contributed by atoms with Crippen LogP contribution in [0.4, 0.5) is 4.39 Å². The molecule has 0 aromatic carbocycles. The smallest absolute Gasteiger partial charge is 0.154 e. The van der Waals surface area contributed by atoms with E-state index in [-0.39, 0.29) is 11.7 Å². The lowest BCUT2D eigenvalue weighted by Crippen LogP contribution is -2.38. The molecule has 1 aliphatic carbocycles. The Morgan fingerprint density at radius 3 is 2.29 bits per heavy atom. The van der Waals surface area contributed by atoms with Gasteiger partial charge in [-0.3, -0.25) is 9.18 Å². The van der Waals surface area contributed by atoms with Gasteiger partial charge >= 0.3 is 0 Å². The van der Waals surface area contributed by atoms with Gasteiger partial charge in [-0.2, -0.15) is 0 Å². The van der Waals surface area contributed by atoms with Gasteiger partial charge in [0.15, 0.2) is 6.29 Å². The van der Waals surface area contributed by atoms with E-state index in [1.54, 1.807) is 0 Å². The zero-order valence-corrected chi connectivity index (χ0v) is 8.37. The van der Waals surface area contributed by atoms with Crippen LogP contribution < -0.4 is 0 Å². The summed E-state index contributed by atoms with van der Waals surface area (Å²) in [5.41, 5.74) is -0.842. The van der Waals surface area contributed by atoms with E-state index >= 15 is 0 Å². The summed E-state index contributed by atoms with van der Waals surface area (Å²) in [5.74, 6) is -0.320. The summed E-state index contributed by atoms with van der Waals surface area (Å²) in [6.07, 6.45) is 0.560. The Kier molecular flexibility index (Phi) is 3.61. The summed E-state index contributed by atoms with van der Waals surface area (Å²) < 4.78 is 12.8. The van der Waals surface area contributed by atoms with Crippen LogP contribution in [0.5, 0.6) is 0 Å². The molecule has 0 heterocycles. The first-order chi connectivity index (χ1) is 6.52. The number of aliphatic hydroxyl groups excluding tert-OH is 1. The van der Waals surface area contributed by atoms with Gasteiger partial charge in [-0.05, 0) is 32.6 Å². The molecule has 0 spiro atoms. The van der Waals surface area contributed by atoms with Crippen molar-refractivity contribution in [1.29, 1.82) is 0 Å². The molecule has 0 unspecified atom stereocenters. The average molecular weight is 204 g/mol. The van der Waals surface area contributed by atoms with Gasteiger partial charge < -0.3 is 10.2 Å². The Bertz CT molecular complexity index is 207. The van der Waals surface area contributed by atoms with Gasteiger partial charge in [0.25, 0.3) is 0 Å². The Balaban J connectivity index is 2.59. The van der Waals surface area contributed by atoms with E-state index < -0.39 is 18.4 Å². The number of halogens is 1. The van der Waals surface area contributed by atoms with E-state index in [1.165, 1.54) is 6.92 Å². The molecule has 0 radical (unpaired) electrons. The van der Waals surface area contributed by atoms with Crippen LogP contribution in [-0.2, 0) is 4.79 Å². The summed E-state index contributed by atoms with van der Waals surface area (Å²) in [7, 11) is 0. The first kappa shape index (κ1) is 11.6. The van der Waals surface area contributed by atoms with Crippen LogP contribution in [-0.4, -0.2) is 29.0 Å². The molecule has 1 rings (SSSR count). The van der Waals surface area contributed by atoms with Crippen LogP contribution in [0.25, 0.3) is 0 Å². The molecule has 0 amide bonds. The molecule has 4 heteroatoms. The van der Waals surface area contributed by atoms with Crippen LogP contribution >= 0.6 is 0 Å². The number of aliphatic hydroxyl groups is 2. The quantitative estimate of drug-likeness (QED) is 0.675. The molecule has 82 valence electrons. The minimum absolute atomic E-state index is 0.120. The Morgan fingerprint density at radius 1 is 1.50 bits per heavy atom. The maximum absolute atomic E-state index is 12.8. The van der Waals surface area contributed by atoms with Crippen LogP contribution in [0.2, 0.25) is 0 Å². The normalized spacial score (nSPS) is 33.4. The Labute approximate surface area is 82.9 Å². The fraction of sp³-hybridized carbons (Fsp3) is 0.900. The highest BCUT2D eigenvalue weighted by Gasteiger charge is 2.40. The average Bonchev–Trinajstić information content (AvgIpc) is 2.17. The topological polar surface area (TPSA) is 57.5 Å². The predicted octanol–water partition coefficient (Wildman–Crippen LogP) is 1.03. The molecule has 2 N–H and O–H groups in total. The van der Waals surface area contributed by atoms with Crippen molar-refractivity contribution in [3.63, 3.8) is 0 Å². The van der Waals surface area contributed by atoms with Crippen LogP contribution in [0.15, 0.2) is 0 Å². The summed E-state index contributed by atoms with van der Waals surface area (Å²) in [4.78, 5) is 11.3. The molecule has 0 aromatic heterocycles. The van der Waals surface area contributed by atoms with Gasteiger partial charge in [0.2, 0.25) is 0 Å². The van der Waals surface area contributed by atoms with E-state index in [0.717, 1.165) is 0 Å². The van der Waals surface area contributed by atoms with E-state index in [2.05, 4.69) is 0 Å². The first-order valence-electron chi connectivity index (χ1n) is 4.95. The number of ketones is 1. The third-order valence-electron chi connectivity index (χ3n) is 3.41. The van der Waals surface area contributed by atoms with E-state index in [9.17, 15) is 9.18 Å². The summed E-state index contributed by atoms with van der Waals surface area (Å²) >= 11 is 0. The van der Waals surface area contributed by atoms with E-state index in [4.69, 9.17) is 10.2 Å². The minimum atomic E-state index is -1.33. The molecule has 1 aliphatic rings. The number of hydrogen-bond donors (Lipinski definition) is 2. The van der Waals surface area contributed by atoms with Crippen LogP contribution in [0.3, 0.4) is 0 Å². The molecule has 0 bridgehead atoms. The van der Waals surface area contributed by atoms with Gasteiger partial charge in [-0.15, -0.1) is 0 Å². The minimum Gasteiger partial charge on any atom is -0.368 e. The monoisotopic (exact) mass is 204 g/mol. The maximum Gasteiger partial charge on any atom is 0.154 e. The number of Topliss-reactive ketones (excluding diaryl/α,β-unsaturated/α-hetero) is 1. The van der Waals surface area contributed by atoms with Gasteiger partial charge in [-0.25, -0.2) is 0 Å². The molecule has 1 saturated carbocycles. The Morgan fingerprint density at radius 2 is 2.00 bits per heavy atom. The van der Waals surface area contributed by atoms with Crippen LogP contribution in [0, 0.1) is 11.3 Å². The van der Waals surface area contributed by atoms with Crippen molar-refractivity contribution in [3.8, 4) is 0 Å². The molecule has 0 atom stereocenters. The molecular formula is C10H17FO3. The van der Waals surface area contributed by atoms with E-state index in [1.807, 2.05) is 0 Å². The van der Waals surface area contributed by atoms with Gasteiger partial charge in [0, 0.05) is 5.92 Å². The molecule has 14 heavy (non-hydrogen) atoms. The first-order valence-corrected chi connectivity index (χ1v) is 4.95. The number of carbonyl (C=O) groups excluding carboxylic acids is 1. The summed E-state index contributed by atoms with van der Waals surface area (Å²) in [6.45, 7) is 0.784. The highest BCUT2D eigenvalue weighted by atomic mass is 19.1. The van der Waals surface area contributed by atoms with Crippen molar-refractivity contribution in [2.45, 2.75) is 38.9 Å². The highest BCUT2D eigenvalue weighted by molar-refractivity contribution is 5.82. The van der Waals surface area contributed by atoms with Gasteiger partial charge in [0.05, 0.1) is 5.41 Å². The van der Waals surface area contributed by atoms with Crippen molar-refractivity contribution >= 4 is 5.78 Å². The highest BCUT2D eigenvalue weighted by Crippen LogP contribution is 2.40. The molecule has 0 aromatic rings. The molecule has 3 nitrogen and oxygen atoms in total. The van der Waals surface area contributed by atoms with Crippen LogP contribution in [0.1, 0.15) is 32.6 Å². The number of rotatable bonds is 3. The molecular weight excluding hydrogens is 187 g/mol. The standard InChI is InChI=1S/C10H17FO3/c1-7(12)10(6-11)4-2-8(3-5-10)9(13)14/h8-9,13-14H,2-6H2,1H3/t8-,10-. The second-order valence-corrected chi connectivity index (χ2v) is 4.22. The summed E-state index contributed by atoms with van der Waals surface area (Å²) in [5, 5.41) is 17.9. The molecule has 0 saturated heterocycles. The van der Waals surface area contributed by atoms with Crippen molar-refractivity contribution in [3.05, 3.63) is 0 Å². The molecule has 1 fully saturated rings. The number of hydrogen-bond acceptors (Lipinski definition) is 3. The lowest BCUT2D eigenvalue weighted by atomic mass is 9.69. The summed E-state index contributed by atoms with van der Waals surface area (Å²) in [6, 6.07) is 0. The SMILES string of the molecule is CC(=O)[C@]1(CF)CC[C@@H](C(O)O)CC1. The number of alkyl halides is 1. The van der Waals surface area contributed by atoms with E-state index in [0.29, 0.717) is 25.7 Å². The van der Waals surface area contributed by atoms with Gasteiger partial charge in [0.1, 0.15) is 12.5 Å². The zero-order valence-electron chi connectivity index (χ0n) is 8.37. The van der Waals surface area contributed by atoms with Crippen molar-refractivity contribution < 1.29 is 19.4 Å². The second-order valence-electron chi connectivity index (χ2n) is 4.22. The Hall–Kier alpha value is -0.480. The lowest BCUT2D eigenvalue weighted by Gasteiger charge is -2.36. The largest absolute Gasteiger partial charge is 0.368 e. The fourth-order valence-electron chi connectivity index (χ4n) is 2.07. The van der Waals surface area contributed by atoms with Crippen molar-refractivity contribution in [1.82, 2.24) is 0 Å². The lowest BCUT2D eigenvalue weighted by molar-refractivity contribution is -0.136. The zero-order chi connectivity index (χ0) is 10.8. The third-order valence-corrected chi connectivity index (χ3v) is 3.41. The predicted molar refractivity (Wildman–Crippen MR) is 49.3 cm³/mol.